The molecular formula is C21H27ClN2O3S. The van der Waals surface area contributed by atoms with Crippen LogP contribution in [0.1, 0.15) is 43.0 Å². The van der Waals surface area contributed by atoms with Crippen molar-refractivity contribution in [3.05, 3.63) is 64.2 Å². The van der Waals surface area contributed by atoms with Crippen LogP contribution in [0.15, 0.2) is 42.5 Å². The van der Waals surface area contributed by atoms with Crippen LogP contribution >= 0.6 is 11.6 Å². The van der Waals surface area contributed by atoms with Gasteiger partial charge >= 0.3 is 0 Å². The van der Waals surface area contributed by atoms with Gasteiger partial charge in [-0.1, -0.05) is 36.7 Å². The molecule has 0 unspecified atom stereocenters. The summed E-state index contributed by atoms with van der Waals surface area (Å²) in [5.41, 5.74) is 3.73. The van der Waals surface area contributed by atoms with E-state index in [0.29, 0.717) is 17.1 Å². The van der Waals surface area contributed by atoms with Gasteiger partial charge in [-0.3, -0.25) is 9.10 Å². The molecule has 7 heteroatoms. The average Bonchev–Trinajstić information content (AvgIpc) is 2.62. The van der Waals surface area contributed by atoms with Gasteiger partial charge < -0.3 is 5.32 Å². The summed E-state index contributed by atoms with van der Waals surface area (Å²) >= 11 is 5.90. The van der Waals surface area contributed by atoms with E-state index in [1.165, 1.54) is 5.56 Å². The lowest BCUT2D eigenvalue weighted by atomic mass is 9.99. The number of nitrogens with one attached hydrogen (secondary N) is 1. The normalized spacial score (nSPS) is 13.6. The fraction of sp³-hybridized carbons (Fsp3) is 0.381. The van der Waals surface area contributed by atoms with E-state index in [9.17, 15) is 13.2 Å². The second-order valence-electron chi connectivity index (χ2n) is 7.02. The van der Waals surface area contributed by atoms with E-state index >= 15 is 0 Å². The zero-order chi connectivity index (χ0) is 21.1. The van der Waals surface area contributed by atoms with Crippen LogP contribution in [0.2, 0.25) is 5.02 Å². The number of nitrogens with zero attached hydrogens (tertiary/aromatic N) is 1. The van der Waals surface area contributed by atoms with E-state index in [1.54, 1.807) is 31.2 Å². The van der Waals surface area contributed by atoms with E-state index in [-0.39, 0.29) is 11.9 Å². The first kappa shape index (κ1) is 22.2. The summed E-state index contributed by atoms with van der Waals surface area (Å²) in [6.45, 7) is 7.63. The zero-order valence-electron chi connectivity index (χ0n) is 16.9. The first-order valence-corrected chi connectivity index (χ1v) is 11.4. The number of carbonyl (C=O) groups excluding carboxylic acids is 1. The molecule has 0 aliphatic carbocycles. The molecular weight excluding hydrogens is 396 g/mol. The molecule has 5 nitrogen and oxygen atoms in total. The molecule has 0 radical (unpaired) electrons. The van der Waals surface area contributed by atoms with Crippen LogP contribution in [-0.4, -0.2) is 26.6 Å². The maximum Gasteiger partial charge on any atom is 0.244 e. The third kappa shape index (κ3) is 5.26. The average molecular weight is 423 g/mol. The predicted molar refractivity (Wildman–Crippen MR) is 115 cm³/mol. The summed E-state index contributed by atoms with van der Waals surface area (Å²) in [5, 5.41) is 3.49. The van der Waals surface area contributed by atoms with E-state index < -0.39 is 16.1 Å². The molecule has 0 spiro atoms. The van der Waals surface area contributed by atoms with Crippen molar-refractivity contribution in [3.8, 4) is 0 Å². The number of benzene rings is 2. The standard InChI is InChI=1S/C21H27ClN2O3S/c1-6-20(17-8-7-14(2)15(3)13-17)23-21(25)16(4)24(28(5,26)27)19-11-9-18(22)10-12-19/h7-13,16,20H,6H2,1-5H3,(H,23,25)/t16-,20-/m0/s1. The van der Waals surface area contributed by atoms with Crippen LogP contribution in [0.25, 0.3) is 0 Å². The fourth-order valence-electron chi connectivity index (χ4n) is 3.09. The van der Waals surface area contributed by atoms with Gasteiger partial charge in [0.15, 0.2) is 0 Å². The Morgan fingerprint density at radius 3 is 2.21 bits per heavy atom. The van der Waals surface area contributed by atoms with Crippen LogP contribution < -0.4 is 9.62 Å². The van der Waals surface area contributed by atoms with Crippen molar-refractivity contribution in [2.24, 2.45) is 0 Å². The van der Waals surface area contributed by atoms with Crippen molar-refractivity contribution in [1.82, 2.24) is 5.32 Å². The molecule has 1 amide bonds. The number of rotatable bonds is 7. The summed E-state index contributed by atoms with van der Waals surface area (Å²) in [4.78, 5) is 12.9. The molecule has 2 rings (SSSR count). The fourth-order valence-corrected chi connectivity index (χ4v) is 4.39. The molecule has 0 heterocycles. The van der Waals surface area contributed by atoms with Gasteiger partial charge in [-0.25, -0.2) is 8.42 Å². The summed E-state index contributed by atoms with van der Waals surface area (Å²) < 4.78 is 25.9. The second kappa shape index (κ2) is 8.97. The number of hydrogen-bond acceptors (Lipinski definition) is 3. The second-order valence-corrected chi connectivity index (χ2v) is 9.32. The monoisotopic (exact) mass is 422 g/mol. The number of amides is 1. The lowest BCUT2D eigenvalue weighted by Gasteiger charge is -2.30. The molecule has 152 valence electrons. The molecule has 0 aliphatic rings. The smallest absolute Gasteiger partial charge is 0.244 e. The molecule has 1 N–H and O–H groups in total. The first-order chi connectivity index (χ1) is 13.0. The van der Waals surface area contributed by atoms with Gasteiger partial charge in [0.05, 0.1) is 18.0 Å². The van der Waals surface area contributed by atoms with E-state index in [2.05, 4.69) is 11.4 Å². The zero-order valence-corrected chi connectivity index (χ0v) is 18.4. The summed E-state index contributed by atoms with van der Waals surface area (Å²) in [7, 11) is -3.67. The predicted octanol–water partition coefficient (Wildman–Crippen LogP) is 4.38. The number of carbonyl (C=O) groups is 1. The Morgan fingerprint density at radius 2 is 1.71 bits per heavy atom. The Hall–Kier alpha value is -2.05. The molecule has 0 aromatic heterocycles. The highest BCUT2D eigenvalue weighted by Gasteiger charge is 2.30. The topological polar surface area (TPSA) is 66.5 Å². The molecule has 2 aromatic rings. The Kier molecular flexibility index (Phi) is 7.12. The van der Waals surface area contributed by atoms with Gasteiger partial charge in [0, 0.05) is 5.02 Å². The maximum absolute atomic E-state index is 12.9. The van der Waals surface area contributed by atoms with Crippen LogP contribution in [0.4, 0.5) is 5.69 Å². The van der Waals surface area contributed by atoms with Crippen LogP contribution in [0, 0.1) is 13.8 Å². The van der Waals surface area contributed by atoms with Crippen LogP contribution in [-0.2, 0) is 14.8 Å². The van der Waals surface area contributed by atoms with Crippen LogP contribution in [0.3, 0.4) is 0 Å². The van der Waals surface area contributed by atoms with Crippen molar-refractivity contribution in [3.63, 3.8) is 0 Å². The first-order valence-electron chi connectivity index (χ1n) is 9.17. The highest BCUT2D eigenvalue weighted by Crippen LogP contribution is 2.24. The lowest BCUT2D eigenvalue weighted by molar-refractivity contribution is -0.122. The SMILES string of the molecule is CC[C@H](NC(=O)[C@H](C)N(c1ccc(Cl)cc1)S(C)(=O)=O)c1ccc(C)c(C)c1. The minimum absolute atomic E-state index is 0.194. The van der Waals surface area contributed by atoms with E-state index in [0.717, 1.165) is 21.7 Å². The molecule has 0 bridgehead atoms. The number of halogens is 1. The molecule has 28 heavy (non-hydrogen) atoms. The largest absolute Gasteiger partial charge is 0.347 e. The van der Waals surface area contributed by atoms with E-state index in [1.807, 2.05) is 32.9 Å². The molecule has 2 atom stereocenters. The molecule has 0 saturated heterocycles. The minimum atomic E-state index is -3.67. The summed E-state index contributed by atoms with van der Waals surface area (Å²) in [6.07, 6.45) is 1.78. The molecule has 0 saturated carbocycles. The Bertz CT molecular complexity index is 943. The minimum Gasteiger partial charge on any atom is -0.347 e. The Balaban J connectivity index is 2.28. The highest BCUT2D eigenvalue weighted by atomic mass is 35.5. The van der Waals surface area contributed by atoms with Crippen LogP contribution in [0.5, 0.6) is 0 Å². The van der Waals surface area contributed by atoms with Crippen molar-refractivity contribution >= 4 is 33.2 Å². The van der Waals surface area contributed by atoms with E-state index in [4.69, 9.17) is 11.6 Å². The maximum atomic E-state index is 12.9. The van der Waals surface area contributed by atoms with Gasteiger partial charge in [-0.15, -0.1) is 0 Å². The number of hydrogen-bond donors (Lipinski definition) is 1. The number of sulfonamides is 1. The number of aryl methyl sites for hydroxylation is 2. The lowest BCUT2D eigenvalue weighted by Crippen LogP contribution is -2.48. The van der Waals surface area contributed by atoms with Gasteiger partial charge in [-0.05, 0) is 68.1 Å². The van der Waals surface area contributed by atoms with Crippen molar-refractivity contribution in [1.29, 1.82) is 0 Å². The summed E-state index contributed by atoms with van der Waals surface area (Å²) in [5.74, 6) is -0.356. The highest BCUT2D eigenvalue weighted by molar-refractivity contribution is 7.92. The van der Waals surface area contributed by atoms with Gasteiger partial charge in [0.25, 0.3) is 0 Å². The quantitative estimate of drug-likeness (QED) is 0.720. The number of anilines is 1. The molecule has 2 aromatic carbocycles. The van der Waals surface area contributed by atoms with Gasteiger partial charge in [0.2, 0.25) is 15.9 Å². The van der Waals surface area contributed by atoms with Crippen molar-refractivity contribution in [2.45, 2.75) is 46.2 Å². The van der Waals surface area contributed by atoms with Crippen molar-refractivity contribution < 1.29 is 13.2 Å². The van der Waals surface area contributed by atoms with Gasteiger partial charge in [-0.2, -0.15) is 0 Å². The molecule has 0 aliphatic heterocycles. The van der Waals surface area contributed by atoms with Crippen molar-refractivity contribution in [2.75, 3.05) is 10.6 Å². The van der Waals surface area contributed by atoms with Gasteiger partial charge in [0.1, 0.15) is 6.04 Å². The summed E-state index contributed by atoms with van der Waals surface area (Å²) in [6, 6.07) is 11.4. The Morgan fingerprint density at radius 1 is 1.11 bits per heavy atom. The third-order valence-electron chi connectivity index (χ3n) is 4.83. The third-order valence-corrected chi connectivity index (χ3v) is 6.32. The Labute approximate surface area is 172 Å². The molecule has 0 fully saturated rings.